The Kier molecular flexibility index (Phi) is 3.42. The van der Waals surface area contributed by atoms with Gasteiger partial charge in [-0.1, -0.05) is 5.16 Å². The van der Waals surface area contributed by atoms with E-state index in [0.717, 1.165) is 6.54 Å². The van der Waals surface area contributed by atoms with E-state index >= 15 is 0 Å². The molecular formula is C13H13FN4O2. The minimum atomic E-state index is -0.356. The number of piperazine rings is 1. The van der Waals surface area contributed by atoms with Crippen molar-refractivity contribution < 1.29 is 13.7 Å². The molecule has 1 aliphatic heterocycles. The van der Waals surface area contributed by atoms with E-state index in [4.69, 9.17) is 4.52 Å². The summed E-state index contributed by atoms with van der Waals surface area (Å²) in [6.07, 6.45) is 0.333. The fraction of sp³-hybridized carbons (Fsp3) is 0.308. The molecule has 0 saturated carbocycles. The van der Waals surface area contributed by atoms with Crippen LogP contribution in [0.1, 0.15) is 5.89 Å². The minimum absolute atomic E-state index is 0.0715. The maximum atomic E-state index is 12.8. The lowest BCUT2D eigenvalue weighted by Crippen LogP contribution is -2.53. The van der Waals surface area contributed by atoms with E-state index in [-0.39, 0.29) is 17.8 Å². The van der Waals surface area contributed by atoms with E-state index < -0.39 is 0 Å². The van der Waals surface area contributed by atoms with Gasteiger partial charge in [-0.3, -0.25) is 4.79 Å². The standard InChI is InChI=1S/C13H13FN4O2/c14-9-3-1-8(2-4-9)12-17-11(20-18-12)7-10-13(19)16-6-5-15-10/h1-4,10,15H,5-7H2,(H,16,19). The van der Waals surface area contributed by atoms with Gasteiger partial charge in [-0.05, 0) is 24.3 Å². The van der Waals surface area contributed by atoms with Gasteiger partial charge in [0.15, 0.2) is 0 Å². The number of amides is 1. The van der Waals surface area contributed by atoms with Gasteiger partial charge >= 0.3 is 0 Å². The van der Waals surface area contributed by atoms with Crippen molar-refractivity contribution in [2.24, 2.45) is 0 Å². The number of carbonyl (C=O) groups excluding carboxylic acids is 1. The highest BCUT2D eigenvalue weighted by Crippen LogP contribution is 2.16. The average molecular weight is 276 g/mol. The van der Waals surface area contributed by atoms with Gasteiger partial charge in [0.25, 0.3) is 0 Å². The molecule has 1 unspecified atom stereocenters. The number of hydrogen-bond acceptors (Lipinski definition) is 5. The number of nitrogens with zero attached hydrogens (tertiary/aromatic N) is 2. The molecule has 1 aliphatic rings. The van der Waals surface area contributed by atoms with Gasteiger partial charge in [0.2, 0.25) is 17.6 Å². The minimum Gasteiger partial charge on any atom is -0.353 e. The fourth-order valence-corrected chi connectivity index (χ4v) is 2.04. The van der Waals surface area contributed by atoms with Crippen LogP contribution in [0, 0.1) is 5.82 Å². The van der Waals surface area contributed by atoms with E-state index in [0.29, 0.717) is 30.2 Å². The van der Waals surface area contributed by atoms with E-state index in [9.17, 15) is 9.18 Å². The third-order valence-electron chi connectivity index (χ3n) is 3.08. The summed E-state index contributed by atoms with van der Waals surface area (Å²) in [5.74, 6) is 0.369. The van der Waals surface area contributed by atoms with E-state index in [1.165, 1.54) is 12.1 Å². The number of halogens is 1. The van der Waals surface area contributed by atoms with Gasteiger partial charge in [-0.2, -0.15) is 4.98 Å². The third-order valence-corrected chi connectivity index (χ3v) is 3.08. The maximum Gasteiger partial charge on any atom is 0.237 e. The van der Waals surface area contributed by atoms with Crippen LogP contribution in [-0.4, -0.2) is 35.2 Å². The van der Waals surface area contributed by atoms with Gasteiger partial charge in [0.05, 0.1) is 12.5 Å². The summed E-state index contributed by atoms with van der Waals surface area (Å²) in [6.45, 7) is 1.34. The summed E-state index contributed by atoms with van der Waals surface area (Å²) in [5, 5.41) is 9.69. The highest BCUT2D eigenvalue weighted by atomic mass is 19.1. The molecular weight excluding hydrogens is 263 g/mol. The Bertz CT molecular complexity index is 611. The first kappa shape index (κ1) is 12.7. The van der Waals surface area contributed by atoms with Gasteiger partial charge in [-0.25, -0.2) is 4.39 Å². The van der Waals surface area contributed by atoms with Gasteiger partial charge in [0.1, 0.15) is 5.82 Å². The number of benzene rings is 1. The number of aromatic nitrogens is 2. The molecule has 1 fully saturated rings. The van der Waals surface area contributed by atoms with Gasteiger partial charge < -0.3 is 15.2 Å². The Morgan fingerprint density at radius 2 is 2.10 bits per heavy atom. The molecule has 0 spiro atoms. The molecule has 1 saturated heterocycles. The molecule has 1 amide bonds. The smallest absolute Gasteiger partial charge is 0.237 e. The van der Waals surface area contributed by atoms with E-state index in [1.807, 2.05) is 0 Å². The number of hydrogen-bond donors (Lipinski definition) is 2. The van der Waals surface area contributed by atoms with Crippen molar-refractivity contribution in [3.63, 3.8) is 0 Å². The molecule has 0 aliphatic carbocycles. The quantitative estimate of drug-likeness (QED) is 0.853. The summed E-state index contributed by atoms with van der Waals surface area (Å²) < 4.78 is 18.0. The molecule has 0 radical (unpaired) electrons. The lowest BCUT2D eigenvalue weighted by Gasteiger charge is -2.21. The molecule has 7 heteroatoms. The highest BCUT2D eigenvalue weighted by molar-refractivity contribution is 5.82. The Morgan fingerprint density at radius 3 is 2.85 bits per heavy atom. The second-order valence-corrected chi connectivity index (χ2v) is 4.52. The predicted octanol–water partition coefficient (Wildman–Crippen LogP) is 0.506. The number of nitrogens with one attached hydrogen (secondary N) is 2. The van der Waals surface area contributed by atoms with Crippen molar-refractivity contribution in [2.75, 3.05) is 13.1 Å². The largest absolute Gasteiger partial charge is 0.353 e. The molecule has 1 atom stereocenters. The van der Waals surface area contributed by atoms with Crippen molar-refractivity contribution in [3.05, 3.63) is 36.0 Å². The Hall–Kier alpha value is -2.28. The Balaban J connectivity index is 1.73. The summed E-state index contributed by atoms with van der Waals surface area (Å²) in [6, 6.07) is 5.47. The van der Waals surface area contributed by atoms with Gasteiger partial charge in [-0.15, -0.1) is 0 Å². The highest BCUT2D eigenvalue weighted by Gasteiger charge is 2.24. The molecule has 1 aromatic carbocycles. The molecule has 2 aromatic rings. The topological polar surface area (TPSA) is 80.0 Å². The van der Waals surface area contributed by atoms with Crippen LogP contribution in [0.15, 0.2) is 28.8 Å². The van der Waals surface area contributed by atoms with Crippen LogP contribution in [0.5, 0.6) is 0 Å². The van der Waals surface area contributed by atoms with E-state index in [1.54, 1.807) is 12.1 Å². The van der Waals surface area contributed by atoms with Crippen LogP contribution in [-0.2, 0) is 11.2 Å². The van der Waals surface area contributed by atoms with Crippen molar-refractivity contribution in [2.45, 2.75) is 12.5 Å². The molecule has 104 valence electrons. The summed E-state index contributed by atoms with van der Waals surface area (Å²) in [7, 11) is 0. The first-order valence-corrected chi connectivity index (χ1v) is 6.32. The lowest BCUT2D eigenvalue weighted by atomic mass is 10.1. The van der Waals surface area contributed by atoms with Crippen molar-refractivity contribution in [1.82, 2.24) is 20.8 Å². The molecule has 0 bridgehead atoms. The summed E-state index contributed by atoms with van der Waals surface area (Å²) in [4.78, 5) is 15.8. The monoisotopic (exact) mass is 276 g/mol. The Morgan fingerprint density at radius 1 is 1.30 bits per heavy atom. The average Bonchev–Trinajstić information content (AvgIpc) is 2.91. The van der Waals surface area contributed by atoms with Gasteiger partial charge in [0, 0.05) is 18.7 Å². The number of rotatable bonds is 3. The van der Waals surface area contributed by atoms with Crippen LogP contribution in [0.25, 0.3) is 11.4 Å². The zero-order valence-electron chi connectivity index (χ0n) is 10.6. The first-order valence-electron chi connectivity index (χ1n) is 6.32. The lowest BCUT2D eigenvalue weighted by molar-refractivity contribution is -0.124. The van der Waals surface area contributed by atoms with Crippen LogP contribution in [0.3, 0.4) is 0 Å². The van der Waals surface area contributed by atoms with Crippen molar-refractivity contribution in [1.29, 1.82) is 0 Å². The maximum absolute atomic E-state index is 12.8. The van der Waals surface area contributed by atoms with Crippen LogP contribution in [0.4, 0.5) is 4.39 Å². The Labute approximate surface area is 114 Å². The van der Waals surface area contributed by atoms with Crippen molar-refractivity contribution >= 4 is 5.91 Å². The zero-order chi connectivity index (χ0) is 13.9. The molecule has 2 N–H and O–H groups in total. The third kappa shape index (κ3) is 2.67. The first-order chi connectivity index (χ1) is 9.72. The zero-order valence-corrected chi connectivity index (χ0v) is 10.6. The predicted molar refractivity (Wildman–Crippen MR) is 68.2 cm³/mol. The second-order valence-electron chi connectivity index (χ2n) is 4.52. The van der Waals surface area contributed by atoms with Crippen LogP contribution in [0.2, 0.25) is 0 Å². The molecule has 3 rings (SSSR count). The van der Waals surface area contributed by atoms with Crippen LogP contribution < -0.4 is 10.6 Å². The summed E-state index contributed by atoms with van der Waals surface area (Å²) in [5.41, 5.74) is 0.669. The molecule has 6 nitrogen and oxygen atoms in total. The molecule has 1 aromatic heterocycles. The fourth-order valence-electron chi connectivity index (χ4n) is 2.04. The van der Waals surface area contributed by atoms with Crippen molar-refractivity contribution in [3.8, 4) is 11.4 Å². The normalized spacial score (nSPS) is 18.9. The second kappa shape index (κ2) is 5.38. The van der Waals surface area contributed by atoms with Crippen LogP contribution >= 0.6 is 0 Å². The summed E-state index contributed by atoms with van der Waals surface area (Å²) >= 11 is 0. The SMILES string of the molecule is O=C1NCCNC1Cc1nc(-c2ccc(F)cc2)no1. The number of carbonyl (C=O) groups is 1. The molecule has 2 heterocycles. The van der Waals surface area contributed by atoms with E-state index in [2.05, 4.69) is 20.8 Å². The molecule has 20 heavy (non-hydrogen) atoms.